The summed E-state index contributed by atoms with van der Waals surface area (Å²) in [6.45, 7) is 0. The van der Waals surface area contributed by atoms with E-state index in [0.717, 1.165) is 19.3 Å². The van der Waals surface area contributed by atoms with Crippen molar-refractivity contribution in [2.75, 3.05) is 0 Å². The molecule has 0 aromatic carbocycles. The number of aromatic amines is 1. The Bertz CT molecular complexity index is 599. The summed E-state index contributed by atoms with van der Waals surface area (Å²) >= 11 is 0. The van der Waals surface area contributed by atoms with Gasteiger partial charge in [0, 0.05) is 17.3 Å². The Kier molecular flexibility index (Phi) is 2.38. The number of carboxylic acids is 1. The standard InChI is InChI=1S/C15H18N2O3/c18-13(19)11-7-16-14(20)17-12(11)15-4-8-1-9(5-15)3-10(2-8)6-15/h7-10H,1-6H2,(H,18,19)(H,16,17,20). The first-order valence-electron chi connectivity index (χ1n) is 7.39. The van der Waals surface area contributed by atoms with Gasteiger partial charge in [-0.15, -0.1) is 0 Å². The molecule has 1 aromatic rings. The predicted molar refractivity (Wildman–Crippen MR) is 71.7 cm³/mol. The Morgan fingerprint density at radius 2 is 1.75 bits per heavy atom. The Labute approximate surface area is 116 Å². The summed E-state index contributed by atoms with van der Waals surface area (Å²) in [6, 6.07) is 0. The highest BCUT2D eigenvalue weighted by atomic mass is 16.4. The number of carbonyl (C=O) groups is 1. The molecule has 4 aliphatic rings. The minimum atomic E-state index is -0.987. The Hall–Kier alpha value is -1.65. The zero-order valence-corrected chi connectivity index (χ0v) is 11.3. The van der Waals surface area contributed by atoms with Gasteiger partial charge in [0.2, 0.25) is 0 Å². The third-order valence-corrected chi connectivity index (χ3v) is 5.61. The minimum absolute atomic E-state index is 0.120. The monoisotopic (exact) mass is 274 g/mol. The Balaban J connectivity index is 1.86. The molecule has 1 heterocycles. The molecule has 4 aliphatic carbocycles. The number of hydrogen-bond acceptors (Lipinski definition) is 3. The van der Waals surface area contributed by atoms with Crippen LogP contribution in [0.3, 0.4) is 0 Å². The van der Waals surface area contributed by atoms with Gasteiger partial charge in [-0.1, -0.05) is 0 Å². The number of aromatic nitrogens is 2. The van der Waals surface area contributed by atoms with Gasteiger partial charge >= 0.3 is 11.7 Å². The molecule has 20 heavy (non-hydrogen) atoms. The maximum atomic E-state index is 11.6. The van der Waals surface area contributed by atoms with E-state index in [1.807, 2.05) is 0 Å². The number of H-pyrrole nitrogens is 1. The molecule has 4 bridgehead atoms. The summed E-state index contributed by atoms with van der Waals surface area (Å²) < 4.78 is 0. The van der Waals surface area contributed by atoms with Gasteiger partial charge in [0.1, 0.15) is 0 Å². The van der Waals surface area contributed by atoms with E-state index >= 15 is 0 Å². The van der Waals surface area contributed by atoms with E-state index in [-0.39, 0.29) is 11.0 Å². The van der Waals surface area contributed by atoms with Gasteiger partial charge in [-0.3, -0.25) is 0 Å². The fourth-order valence-electron chi connectivity index (χ4n) is 5.39. The van der Waals surface area contributed by atoms with Crippen LogP contribution in [0.1, 0.15) is 54.6 Å². The van der Waals surface area contributed by atoms with Crippen molar-refractivity contribution in [3.63, 3.8) is 0 Å². The van der Waals surface area contributed by atoms with Crippen molar-refractivity contribution in [3.05, 3.63) is 27.9 Å². The molecule has 5 nitrogen and oxygen atoms in total. The number of aromatic carboxylic acids is 1. The molecule has 0 saturated heterocycles. The highest BCUT2D eigenvalue weighted by Crippen LogP contribution is 2.60. The Morgan fingerprint density at radius 3 is 2.25 bits per heavy atom. The van der Waals surface area contributed by atoms with Gasteiger partial charge in [-0.05, 0) is 56.3 Å². The minimum Gasteiger partial charge on any atom is -0.478 e. The van der Waals surface area contributed by atoms with Crippen LogP contribution in [-0.4, -0.2) is 21.0 Å². The molecule has 0 radical (unpaired) electrons. The van der Waals surface area contributed by atoms with E-state index in [4.69, 9.17) is 0 Å². The quantitative estimate of drug-likeness (QED) is 0.863. The van der Waals surface area contributed by atoms with E-state index in [0.29, 0.717) is 23.4 Å². The third-order valence-electron chi connectivity index (χ3n) is 5.61. The lowest BCUT2D eigenvalue weighted by molar-refractivity contribution is -0.00805. The average molecular weight is 274 g/mol. The second-order valence-electron chi connectivity index (χ2n) is 6.98. The van der Waals surface area contributed by atoms with Crippen molar-refractivity contribution in [1.82, 2.24) is 9.97 Å². The van der Waals surface area contributed by atoms with Crippen LogP contribution in [0.4, 0.5) is 0 Å². The van der Waals surface area contributed by atoms with Gasteiger partial charge in [0.15, 0.2) is 0 Å². The summed E-state index contributed by atoms with van der Waals surface area (Å²) in [6.07, 6.45) is 8.18. The molecular formula is C15H18N2O3. The Morgan fingerprint density at radius 1 is 1.20 bits per heavy atom. The molecule has 106 valence electrons. The van der Waals surface area contributed by atoms with Crippen LogP contribution in [-0.2, 0) is 5.41 Å². The molecule has 5 rings (SSSR count). The largest absolute Gasteiger partial charge is 0.478 e. The van der Waals surface area contributed by atoms with E-state index in [2.05, 4.69) is 9.97 Å². The fourth-order valence-corrected chi connectivity index (χ4v) is 5.39. The fraction of sp³-hybridized carbons (Fsp3) is 0.667. The number of nitrogens with one attached hydrogen (secondary N) is 1. The molecule has 0 aliphatic heterocycles. The summed E-state index contributed by atoms with van der Waals surface area (Å²) in [4.78, 5) is 29.4. The van der Waals surface area contributed by atoms with Crippen molar-refractivity contribution in [1.29, 1.82) is 0 Å². The second kappa shape index (κ2) is 3.93. The van der Waals surface area contributed by atoms with Gasteiger partial charge < -0.3 is 10.1 Å². The van der Waals surface area contributed by atoms with Crippen LogP contribution in [0.25, 0.3) is 0 Å². The number of nitrogens with zero attached hydrogens (tertiary/aromatic N) is 1. The zero-order chi connectivity index (χ0) is 13.9. The van der Waals surface area contributed by atoms with Crippen LogP contribution in [0.2, 0.25) is 0 Å². The number of carboxylic acid groups (broad SMARTS) is 1. The second-order valence-corrected chi connectivity index (χ2v) is 6.98. The molecule has 0 atom stereocenters. The first-order chi connectivity index (χ1) is 9.56. The molecule has 2 N–H and O–H groups in total. The maximum Gasteiger partial charge on any atom is 0.345 e. The van der Waals surface area contributed by atoms with Crippen molar-refractivity contribution < 1.29 is 9.90 Å². The third kappa shape index (κ3) is 1.65. The topological polar surface area (TPSA) is 83.0 Å². The van der Waals surface area contributed by atoms with Crippen LogP contribution in [0.15, 0.2) is 11.0 Å². The van der Waals surface area contributed by atoms with E-state index < -0.39 is 11.7 Å². The van der Waals surface area contributed by atoms with Crippen molar-refractivity contribution in [3.8, 4) is 0 Å². The van der Waals surface area contributed by atoms with Gasteiger partial charge in [-0.25, -0.2) is 14.6 Å². The predicted octanol–water partition coefficient (Wildman–Crippen LogP) is 1.94. The van der Waals surface area contributed by atoms with Crippen LogP contribution in [0.5, 0.6) is 0 Å². The van der Waals surface area contributed by atoms with Gasteiger partial charge in [0.05, 0.1) is 5.56 Å². The first-order valence-corrected chi connectivity index (χ1v) is 7.39. The lowest BCUT2D eigenvalue weighted by Gasteiger charge is -2.56. The maximum absolute atomic E-state index is 11.6. The molecule has 0 unspecified atom stereocenters. The molecule has 0 amide bonds. The van der Waals surface area contributed by atoms with Crippen molar-refractivity contribution in [2.45, 2.75) is 43.9 Å². The molecule has 4 saturated carbocycles. The molecule has 4 fully saturated rings. The summed E-state index contributed by atoms with van der Waals surface area (Å²) in [7, 11) is 0. The molecule has 0 spiro atoms. The average Bonchev–Trinajstić information content (AvgIpc) is 2.36. The molecule has 1 aromatic heterocycles. The summed E-state index contributed by atoms with van der Waals surface area (Å²) in [5.41, 5.74) is 0.279. The molecule has 5 heteroatoms. The number of hydrogen-bond donors (Lipinski definition) is 2. The smallest absolute Gasteiger partial charge is 0.345 e. The number of rotatable bonds is 2. The van der Waals surface area contributed by atoms with Crippen molar-refractivity contribution >= 4 is 5.97 Å². The SMILES string of the molecule is O=C(O)c1cnc(=O)[nH]c1C12CC3CC(CC(C3)C1)C2. The highest BCUT2D eigenvalue weighted by Gasteiger charge is 2.53. The van der Waals surface area contributed by atoms with Crippen LogP contribution in [0, 0.1) is 17.8 Å². The first kappa shape index (κ1) is 12.1. The van der Waals surface area contributed by atoms with Gasteiger partial charge in [0.25, 0.3) is 0 Å². The molecular weight excluding hydrogens is 256 g/mol. The lowest BCUT2D eigenvalue weighted by atomic mass is 9.48. The van der Waals surface area contributed by atoms with E-state index in [1.165, 1.54) is 25.5 Å². The van der Waals surface area contributed by atoms with Crippen LogP contribution >= 0.6 is 0 Å². The summed E-state index contributed by atoms with van der Waals surface area (Å²) in [5, 5.41) is 9.40. The van der Waals surface area contributed by atoms with E-state index in [1.54, 1.807) is 0 Å². The van der Waals surface area contributed by atoms with E-state index in [9.17, 15) is 14.7 Å². The van der Waals surface area contributed by atoms with Crippen LogP contribution < -0.4 is 5.69 Å². The normalized spacial score (nSPS) is 38.1. The highest BCUT2D eigenvalue weighted by molar-refractivity contribution is 5.88. The zero-order valence-electron chi connectivity index (χ0n) is 11.3. The summed E-state index contributed by atoms with van der Waals surface area (Å²) in [5.74, 6) is 1.14. The van der Waals surface area contributed by atoms with Gasteiger partial charge in [-0.2, -0.15) is 0 Å². The van der Waals surface area contributed by atoms with Crippen molar-refractivity contribution in [2.24, 2.45) is 17.8 Å². The lowest BCUT2D eigenvalue weighted by Crippen LogP contribution is -2.50.